The van der Waals surface area contributed by atoms with E-state index in [1.807, 2.05) is 13.0 Å². The highest BCUT2D eigenvalue weighted by Gasteiger charge is 2.41. The summed E-state index contributed by atoms with van der Waals surface area (Å²) in [5.74, 6) is 1.75. The second-order valence-electron chi connectivity index (χ2n) is 9.74. The fourth-order valence-electron chi connectivity index (χ4n) is 4.54. The number of aliphatic imine (C=N–C) groups is 1. The molecule has 40 heavy (non-hydrogen) atoms. The van der Waals surface area contributed by atoms with E-state index in [2.05, 4.69) is 20.2 Å². The molecule has 0 aliphatic carbocycles. The van der Waals surface area contributed by atoms with Gasteiger partial charge in [-0.15, -0.1) is 10.2 Å². The molecule has 3 aromatic rings. The highest BCUT2D eigenvalue weighted by Crippen LogP contribution is 2.39. The van der Waals surface area contributed by atoms with E-state index < -0.39 is 27.5 Å². The van der Waals surface area contributed by atoms with E-state index in [1.54, 1.807) is 87.5 Å². The summed E-state index contributed by atoms with van der Waals surface area (Å²) in [6, 6.07) is 6.54. The monoisotopic (exact) mass is 570 g/mol. The summed E-state index contributed by atoms with van der Waals surface area (Å²) < 4.78 is 53.9. The number of hydrogen-bond donors (Lipinski definition) is 1. The molecule has 3 heterocycles. The van der Waals surface area contributed by atoms with Crippen LogP contribution in [0.3, 0.4) is 0 Å². The van der Waals surface area contributed by atoms with Crippen LogP contribution < -0.4 is 14.4 Å². The molecule has 0 bridgehead atoms. The summed E-state index contributed by atoms with van der Waals surface area (Å²) in [6.45, 7) is 8.72. The predicted octanol–water partition coefficient (Wildman–Crippen LogP) is 3.85. The number of aromatic nitrogens is 4. The van der Waals surface area contributed by atoms with Crippen LogP contribution in [0.5, 0.6) is 11.5 Å². The van der Waals surface area contributed by atoms with Crippen molar-refractivity contribution in [2.75, 3.05) is 19.1 Å². The highest BCUT2D eigenvalue weighted by atomic mass is 32.2. The van der Waals surface area contributed by atoms with Crippen LogP contribution in [0.1, 0.15) is 33.3 Å². The van der Waals surface area contributed by atoms with E-state index in [9.17, 15) is 13.0 Å². The van der Waals surface area contributed by atoms with Crippen molar-refractivity contribution in [3.05, 3.63) is 54.1 Å². The maximum atomic E-state index is 12.3. The van der Waals surface area contributed by atoms with Gasteiger partial charge >= 0.3 is 0 Å². The normalized spacial score (nSPS) is 17.1. The maximum Gasteiger partial charge on any atom is 0.270 e. The predicted molar refractivity (Wildman–Crippen MR) is 152 cm³/mol. The zero-order valence-electron chi connectivity index (χ0n) is 23.5. The van der Waals surface area contributed by atoms with E-state index in [0.29, 0.717) is 40.2 Å². The summed E-state index contributed by atoms with van der Waals surface area (Å²) in [7, 11) is -1.36. The third-order valence-corrected chi connectivity index (χ3v) is 7.62. The van der Waals surface area contributed by atoms with E-state index in [4.69, 9.17) is 14.2 Å². The van der Waals surface area contributed by atoms with Gasteiger partial charge in [0.25, 0.3) is 10.1 Å². The van der Waals surface area contributed by atoms with Gasteiger partial charge in [-0.05, 0) is 58.4 Å². The van der Waals surface area contributed by atoms with Crippen molar-refractivity contribution in [1.82, 2.24) is 19.7 Å². The van der Waals surface area contributed by atoms with Gasteiger partial charge in [0.2, 0.25) is 5.95 Å². The summed E-state index contributed by atoms with van der Waals surface area (Å²) in [5, 5.41) is 7.83. The Morgan fingerprint density at radius 3 is 2.27 bits per heavy atom. The van der Waals surface area contributed by atoms with Gasteiger partial charge in [-0.3, -0.25) is 19.1 Å². The number of nitrogens with zero attached hydrogens (tertiary/aromatic N) is 6. The first kappa shape index (κ1) is 29.2. The number of hydrogen-bond acceptors (Lipinski definition) is 10. The van der Waals surface area contributed by atoms with Gasteiger partial charge in [0, 0.05) is 30.4 Å². The van der Waals surface area contributed by atoms with Crippen LogP contribution in [0.2, 0.25) is 0 Å². The van der Waals surface area contributed by atoms with Crippen molar-refractivity contribution in [3.63, 3.8) is 0 Å². The number of allylic oxidation sites excluding steroid dienone is 1. The Morgan fingerprint density at radius 2 is 1.70 bits per heavy atom. The lowest BCUT2D eigenvalue weighted by molar-refractivity contribution is 0.00359. The Kier molecular flexibility index (Phi) is 8.57. The Bertz CT molecular complexity index is 1510. The van der Waals surface area contributed by atoms with Crippen molar-refractivity contribution >= 4 is 22.3 Å². The Morgan fingerprint density at radius 1 is 1.02 bits per heavy atom. The van der Waals surface area contributed by atoms with E-state index >= 15 is 0 Å². The zero-order chi connectivity index (χ0) is 29.2. The van der Waals surface area contributed by atoms with Crippen LogP contribution in [-0.2, 0) is 14.9 Å². The molecular formula is C27H34N6O6S. The molecule has 0 fully saturated rings. The van der Waals surface area contributed by atoms with Crippen molar-refractivity contribution in [2.45, 2.75) is 58.1 Å². The minimum Gasteiger partial charge on any atom is -0.494 e. The molecular weight excluding hydrogens is 536 g/mol. The molecule has 0 radical (unpaired) electrons. The summed E-state index contributed by atoms with van der Waals surface area (Å²) in [5.41, 5.74) is 2.78. The van der Waals surface area contributed by atoms with Gasteiger partial charge in [0.05, 0.1) is 32.1 Å². The lowest BCUT2D eigenvalue weighted by Crippen LogP contribution is -2.53. The average Bonchev–Trinajstić information content (AvgIpc) is 3.35. The fraction of sp³-hybridized carbons (Fsp3) is 0.407. The smallest absolute Gasteiger partial charge is 0.270 e. The summed E-state index contributed by atoms with van der Waals surface area (Å²) in [4.78, 5) is 10.5. The molecule has 12 nitrogen and oxygen atoms in total. The second-order valence-corrected chi connectivity index (χ2v) is 11.5. The van der Waals surface area contributed by atoms with E-state index in [0.717, 1.165) is 5.56 Å². The third kappa shape index (κ3) is 5.86. The van der Waals surface area contributed by atoms with Crippen molar-refractivity contribution < 1.29 is 27.2 Å². The number of rotatable bonds is 10. The SMILES string of the molecule is COc1cccc(OC)c1-n1c(-c2cncc(C)c2)nnc1N1C=C(C)N=CC1[C@@H](OC(C)C)[C@@H](C)S(=O)(=O)O. The average molecular weight is 571 g/mol. The number of para-hydroxylation sites is 1. The molecule has 0 spiro atoms. The molecule has 1 N–H and O–H groups in total. The van der Waals surface area contributed by atoms with Gasteiger partial charge in [0.1, 0.15) is 28.5 Å². The zero-order valence-corrected chi connectivity index (χ0v) is 24.3. The first-order valence-corrected chi connectivity index (χ1v) is 14.2. The van der Waals surface area contributed by atoms with Crippen LogP contribution in [0.4, 0.5) is 5.95 Å². The molecule has 13 heteroatoms. The van der Waals surface area contributed by atoms with Gasteiger partial charge in [0.15, 0.2) is 5.82 Å². The highest BCUT2D eigenvalue weighted by molar-refractivity contribution is 7.86. The summed E-state index contributed by atoms with van der Waals surface area (Å²) in [6.07, 6.45) is 5.38. The lowest BCUT2D eigenvalue weighted by Gasteiger charge is -2.37. The number of pyridine rings is 1. The standard InChI is InChI=1S/C27H34N6O6S/c1-16(2)39-25(19(5)40(34,35)36)21-14-29-18(4)15-32(21)27-31-30-26(20-11-17(3)12-28-13-20)33(27)24-22(37-6)9-8-10-23(24)38-7/h8-16,19,21,25H,1-7H3,(H,34,35,36)/t19-,21?,25+/m1/s1. The van der Waals surface area contributed by atoms with Crippen LogP contribution >= 0.6 is 0 Å². The van der Waals surface area contributed by atoms with Gasteiger partial charge in [-0.25, -0.2) is 0 Å². The molecule has 0 amide bonds. The van der Waals surface area contributed by atoms with Crippen LogP contribution in [-0.4, -0.2) is 76.7 Å². The number of ether oxygens (including phenoxy) is 3. The number of benzene rings is 1. The van der Waals surface area contributed by atoms with E-state index in [1.165, 1.54) is 6.92 Å². The molecule has 214 valence electrons. The van der Waals surface area contributed by atoms with Crippen LogP contribution in [0, 0.1) is 6.92 Å². The Labute approximate surface area is 234 Å². The van der Waals surface area contributed by atoms with Crippen LogP contribution in [0.25, 0.3) is 17.1 Å². The van der Waals surface area contributed by atoms with Crippen LogP contribution in [0.15, 0.2) is 53.5 Å². The first-order valence-electron chi connectivity index (χ1n) is 12.7. The number of methoxy groups -OCH3 is 2. The Hall–Kier alpha value is -3.81. The van der Waals surface area contributed by atoms with Gasteiger partial charge in [-0.1, -0.05) is 6.07 Å². The van der Waals surface area contributed by atoms with Gasteiger partial charge < -0.3 is 19.1 Å². The maximum absolute atomic E-state index is 12.3. The quantitative estimate of drug-likeness (QED) is 0.357. The van der Waals surface area contributed by atoms with E-state index in [-0.39, 0.29) is 6.10 Å². The topological polar surface area (TPSA) is 141 Å². The molecule has 0 saturated heterocycles. The number of anilines is 1. The van der Waals surface area contributed by atoms with Crippen molar-refractivity contribution in [3.8, 4) is 28.6 Å². The van der Waals surface area contributed by atoms with Gasteiger partial charge in [-0.2, -0.15) is 8.42 Å². The lowest BCUT2D eigenvalue weighted by atomic mass is 10.1. The molecule has 0 saturated carbocycles. The third-order valence-electron chi connectivity index (χ3n) is 6.41. The molecule has 4 rings (SSSR count). The molecule has 1 aromatic carbocycles. The molecule has 1 aliphatic heterocycles. The molecule has 3 atom stereocenters. The number of aryl methyl sites for hydroxylation is 1. The Balaban J connectivity index is 2.02. The molecule has 1 aliphatic rings. The minimum atomic E-state index is -4.47. The second kappa shape index (κ2) is 11.7. The van der Waals surface area contributed by atoms with Crippen molar-refractivity contribution in [1.29, 1.82) is 0 Å². The molecule has 1 unspecified atom stereocenters. The molecule has 2 aromatic heterocycles. The first-order chi connectivity index (χ1) is 19.0. The summed E-state index contributed by atoms with van der Waals surface area (Å²) >= 11 is 0. The fourth-order valence-corrected chi connectivity index (χ4v) is 5.10. The van der Waals surface area contributed by atoms with Crippen molar-refractivity contribution in [2.24, 2.45) is 4.99 Å². The largest absolute Gasteiger partial charge is 0.494 e. The minimum absolute atomic E-state index is 0.315.